The van der Waals surface area contributed by atoms with Crippen LogP contribution in [0.2, 0.25) is 5.15 Å². The molecule has 0 saturated heterocycles. The summed E-state index contributed by atoms with van der Waals surface area (Å²) in [6.45, 7) is 1.88. The number of halogens is 1. The molecule has 0 saturated carbocycles. The van der Waals surface area contributed by atoms with Gasteiger partial charge in [0.2, 0.25) is 0 Å². The number of benzene rings is 1. The Bertz CT molecular complexity index is 1120. The van der Waals surface area contributed by atoms with Gasteiger partial charge < -0.3 is 10.3 Å². The maximum Gasteiger partial charge on any atom is 0.251 e. The molecule has 0 aliphatic carbocycles. The molecule has 2 N–H and O–H groups in total. The highest BCUT2D eigenvalue weighted by molar-refractivity contribution is 6.29. The molecule has 0 aliphatic heterocycles. The molecule has 4 rings (SSSR count). The van der Waals surface area contributed by atoms with E-state index < -0.39 is 5.91 Å². The minimum atomic E-state index is -0.448. The van der Waals surface area contributed by atoms with Crippen LogP contribution in [0.15, 0.2) is 48.8 Å². The first-order chi connectivity index (χ1) is 11.6. The summed E-state index contributed by atoms with van der Waals surface area (Å²) in [5.74, 6) is -0.448. The summed E-state index contributed by atoms with van der Waals surface area (Å²) in [7, 11) is 0. The third kappa shape index (κ3) is 2.13. The number of amides is 1. The molecule has 0 bridgehead atoms. The molecule has 1 aromatic carbocycles. The number of fused-ring (bicyclic) bond motifs is 2. The van der Waals surface area contributed by atoms with Crippen LogP contribution in [0.4, 0.5) is 0 Å². The summed E-state index contributed by atoms with van der Waals surface area (Å²) in [6, 6.07) is 11.3. The third-order valence-corrected chi connectivity index (χ3v) is 4.36. The summed E-state index contributed by atoms with van der Waals surface area (Å²) in [5, 5.41) is 2.21. The number of nitrogens with zero attached hydrogens (tertiary/aromatic N) is 3. The second-order valence-corrected chi connectivity index (χ2v) is 5.95. The van der Waals surface area contributed by atoms with E-state index in [1.807, 2.05) is 35.8 Å². The summed E-state index contributed by atoms with van der Waals surface area (Å²) >= 11 is 5.94. The van der Waals surface area contributed by atoms with E-state index >= 15 is 0 Å². The van der Waals surface area contributed by atoms with E-state index in [1.54, 1.807) is 24.5 Å². The van der Waals surface area contributed by atoms with Crippen LogP contribution in [0.3, 0.4) is 0 Å². The Balaban J connectivity index is 2.05. The zero-order valence-corrected chi connectivity index (χ0v) is 13.6. The average molecular weight is 337 g/mol. The Morgan fingerprint density at radius 3 is 2.83 bits per heavy atom. The Labute approximate surface area is 142 Å². The van der Waals surface area contributed by atoms with Crippen LogP contribution in [0.1, 0.15) is 16.1 Å². The molecule has 4 aromatic rings. The van der Waals surface area contributed by atoms with Crippen molar-refractivity contribution in [2.75, 3.05) is 0 Å². The quantitative estimate of drug-likeness (QED) is 0.568. The van der Waals surface area contributed by atoms with E-state index in [0.717, 1.165) is 33.2 Å². The minimum absolute atomic E-state index is 0.448. The number of carbonyl (C=O) groups is 1. The SMILES string of the molecule is Cc1c(C(N)=O)c2ccncc2n1-c1ccc2nc(Cl)ccc2c1. The third-order valence-electron chi connectivity index (χ3n) is 4.15. The van der Waals surface area contributed by atoms with Crippen LogP contribution in [0.25, 0.3) is 27.5 Å². The molecule has 0 fully saturated rings. The van der Waals surface area contributed by atoms with Gasteiger partial charge in [0.15, 0.2) is 0 Å². The highest BCUT2D eigenvalue weighted by Crippen LogP contribution is 2.29. The number of rotatable bonds is 2. The van der Waals surface area contributed by atoms with Gasteiger partial charge in [0, 0.05) is 28.4 Å². The van der Waals surface area contributed by atoms with E-state index in [4.69, 9.17) is 17.3 Å². The fourth-order valence-electron chi connectivity index (χ4n) is 3.13. The molecule has 6 heteroatoms. The molecule has 0 aliphatic rings. The molecule has 1 amide bonds. The van der Waals surface area contributed by atoms with Crippen LogP contribution in [0.5, 0.6) is 0 Å². The molecule has 3 heterocycles. The van der Waals surface area contributed by atoms with Gasteiger partial charge in [-0.15, -0.1) is 0 Å². The highest BCUT2D eigenvalue weighted by Gasteiger charge is 2.19. The van der Waals surface area contributed by atoms with Crippen molar-refractivity contribution in [2.45, 2.75) is 6.92 Å². The van der Waals surface area contributed by atoms with Crippen molar-refractivity contribution in [3.8, 4) is 5.69 Å². The Morgan fingerprint density at radius 1 is 1.21 bits per heavy atom. The van der Waals surface area contributed by atoms with Crippen molar-refractivity contribution in [2.24, 2.45) is 5.73 Å². The predicted molar refractivity (Wildman–Crippen MR) is 94.6 cm³/mol. The number of carbonyl (C=O) groups excluding carboxylic acids is 1. The molecular weight excluding hydrogens is 324 g/mol. The zero-order valence-electron chi connectivity index (χ0n) is 12.8. The van der Waals surface area contributed by atoms with Crippen molar-refractivity contribution < 1.29 is 4.79 Å². The van der Waals surface area contributed by atoms with Gasteiger partial charge in [0.05, 0.1) is 22.8 Å². The number of primary amides is 1. The number of nitrogens with two attached hydrogens (primary N) is 1. The lowest BCUT2D eigenvalue weighted by Gasteiger charge is -2.09. The van der Waals surface area contributed by atoms with Crippen LogP contribution in [-0.2, 0) is 0 Å². The molecule has 118 valence electrons. The molecular formula is C18H13ClN4O. The fraction of sp³-hybridized carbons (Fsp3) is 0.0556. The summed E-state index contributed by atoms with van der Waals surface area (Å²) < 4.78 is 1.98. The first-order valence-corrected chi connectivity index (χ1v) is 7.75. The lowest BCUT2D eigenvalue weighted by Crippen LogP contribution is -2.12. The number of pyridine rings is 2. The second kappa shape index (κ2) is 5.32. The predicted octanol–water partition coefficient (Wildman–Crippen LogP) is 3.63. The van der Waals surface area contributed by atoms with Crippen LogP contribution < -0.4 is 5.73 Å². The van der Waals surface area contributed by atoms with E-state index in [2.05, 4.69) is 9.97 Å². The Kier molecular flexibility index (Phi) is 3.25. The lowest BCUT2D eigenvalue weighted by molar-refractivity contribution is 0.100. The van der Waals surface area contributed by atoms with E-state index in [9.17, 15) is 4.79 Å². The first kappa shape index (κ1) is 14.7. The largest absolute Gasteiger partial charge is 0.366 e. The number of aromatic nitrogens is 3. The van der Waals surface area contributed by atoms with Gasteiger partial charge in [-0.3, -0.25) is 9.78 Å². The summed E-state index contributed by atoms with van der Waals surface area (Å²) in [5.41, 5.74) is 9.44. The fourth-order valence-corrected chi connectivity index (χ4v) is 3.29. The van der Waals surface area contributed by atoms with Crippen LogP contribution >= 0.6 is 11.6 Å². The topological polar surface area (TPSA) is 73.8 Å². The van der Waals surface area contributed by atoms with Crippen molar-refractivity contribution in [3.05, 3.63) is 65.2 Å². The van der Waals surface area contributed by atoms with Crippen molar-refractivity contribution in [1.82, 2.24) is 14.5 Å². The van der Waals surface area contributed by atoms with Gasteiger partial charge in [-0.2, -0.15) is 0 Å². The molecule has 0 radical (unpaired) electrons. The normalized spacial score (nSPS) is 11.2. The number of hydrogen-bond donors (Lipinski definition) is 1. The smallest absolute Gasteiger partial charge is 0.251 e. The van der Waals surface area contributed by atoms with Gasteiger partial charge in [-0.1, -0.05) is 11.6 Å². The molecule has 24 heavy (non-hydrogen) atoms. The van der Waals surface area contributed by atoms with Gasteiger partial charge in [-0.25, -0.2) is 4.98 Å². The molecule has 0 atom stereocenters. The monoisotopic (exact) mass is 336 g/mol. The second-order valence-electron chi connectivity index (χ2n) is 5.56. The Hall–Kier alpha value is -2.92. The van der Waals surface area contributed by atoms with E-state index in [1.165, 1.54) is 0 Å². The Morgan fingerprint density at radius 2 is 2.04 bits per heavy atom. The van der Waals surface area contributed by atoms with Gasteiger partial charge in [0.25, 0.3) is 5.91 Å². The van der Waals surface area contributed by atoms with Crippen LogP contribution in [-0.4, -0.2) is 20.4 Å². The zero-order chi connectivity index (χ0) is 16.8. The van der Waals surface area contributed by atoms with Gasteiger partial charge in [-0.05, 0) is 43.3 Å². The maximum absolute atomic E-state index is 11.9. The summed E-state index contributed by atoms with van der Waals surface area (Å²) in [4.78, 5) is 20.4. The molecule has 3 aromatic heterocycles. The minimum Gasteiger partial charge on any atom is -0.366 e. The summed E-state index contributed by atoms with van der Waals surface area (Å²) in [6.07, 6.45) is 3.39. The molecule has 5 nitrogen and oxygen atoms in total. The molecule has 0 spiro atoms. The van der Waals surface area contributed by atoms with Crippen molar-refractivity contribution in [1.29, 1.82) is 0 Å². The van der Waals surface area contributed by atoms with Crippen molar-refractivity contribution in [3.63, 3.8) is 0 Å². The van der Waals surface area contributed by atoms with E-state index in [0.29, 0.717) is 10.7 Å². The van der Waals surface area contributed by atoms with Crippen LogP contribution in [0, 0.1) is 6.92 Å². The average Bonchev–Trinajstić information content (AvgIpc) is 2.86. The first-order valence-electron chi connectivity index (χ1n) is 7.38. The lowest BCUT2D eigenvalue weighted by atomic mass is 10.1. The molecule has 0 unspecified atom stereocenters. The highest BCUT2D eigenvalue weighted by atomic mass is 35.5. The maximum atomic E-state index is 11.9. The van der Waals surface area contributed by atoms with Gasteiger partial charge in [0.1, 0.15) is 5.15 Å². The standard InChI is InChI=1S/C18H13ClN4O/c1-10-17(18(20)24)13-6-7-21-9-15(13)23(10)12-3-4-14-11(8-12)2-5-16(19)22-14/h2-9H,1H3,(H2,20,24). The van der Waals surface area contributed by atoms with Crippen molar-refractivity contribution >= 4 is 39.3 Å². The number of hydrogen-bond acceptors (Lipinski definition) is 3. The van der Waals surface area contributed by atoms with E-state index in [-0.39, 0.29) is 0 Å². The van der Waals surface area contributed by atoms with Gasteiger partial charge >= 0.3 is 0 Å².